The molecule has 2 rings (SSSR count). The fraction of sp³-hybridized carbons (Fsp3) is 0.400. The van der Waals surface area contributed by atoms with Gasteiger partial charge in [-0.3, -0.25) is 9.78 Å². The largest absolute Gasteiger partial charge is 0.491 e. The number of aromatic nitrogens is 2. The molecule has 0 saturated heterocycles. The van der Waals surface area contributed by atoms with E-state index in [-0.39, 0.29) is 18.6 Å². The average Bonchev–Trinajstić information content (AvgIpc) is 2.44. The molecule has 0 spiro atoms. The van der Waals surface area contributed by atoms with Crippen LogP contribution in [0.3, 0.4) is 0 Å². The van der Waals surface area contributed by atoms with Gasteiger partial charge in [0.15, 0.2) is 0 Å². The standard InChI is InChI=1S/C15H19N3O3/c1-9-7-16-13(15(18-9)20-4)8-17-14(19)12-5-10(2)21-11(3)6-12/h5-7,10H,8H2,1-4H3,(H,17,19). The molecule has 1 unspecified atom stereocenters. The van der Waals surface area contributed by atoms with Crippen LogP contribution in [0, 0.1) is 6.92 Å². The fourth-order valence-electron chi connectivity index (χ4n) is 2.05. The summed E-state index contributed by atoms with van der Waals surface area (Å²) in [6.07, 6.45) is 5.03. The van der Waals surface area contributed by atoms with E-state index in [1.165, 1.54) is 7.11 Å². The first kappa shape index (κ1) is 15.0. The molecule has 21 heavy (non-hydrogen) atoms. The van der Waals surface area contributed by atoms with E-state index in [0.29, 0.717) is 17.1 Å². The summed E-state index contributed by atoms with van der Waals surface area (Å²) in [5, 5.41) is 2.81. The maximum absolute atomic E-state index is 12.2. The van der Waals surface area contributed by atoms with Gasteiger partial charge < -0.3 is 14.8 Å². The van der Waals surface area contributed by atoms with E-state index in [9.17, 15) is 4.79 Å². The molecule has 0 radical (unpaired) electrons. The van der Waals surface area contributed by atoms with Gasteiger partial charge in [-0.25, -0.2) is 4.98 Å². The van der Waals surface area contributed by atoms with E-state index in [1.807, 2.05) is 20.8 Å². The third-order valence-corrected chi connectivity index (χ3v) is 2.95. The molecule has 0 aliphatic carbocycles. The molecule has 112 valence electrons. The zero-order valence-electron chi connectivity index (χ0n) is 12.6. The Morgan fingerprint density at radius 1 is 1.48 bits per heavy atom. The lowest BCUT2D eigenvalue weighted by Gasteiger charge is -2.18. The molecule has 1 atom stereocenters. The highest BCUT2D eigenvalue weighted by molar-refractivity contribution is 5.96. The van der Waals surface area contributed by atoms with Gasteiger partial charge >= 0.3 is 0 Å². The van der Waals surface area contributed by atoms with Crippen LogP contribution in [0.25, 0.3) is 0 Å². The molecule has 1 aliphatic rings. The van der Waals surface area contributed by atoms with Gasteiger partial charge in [-0.2, -0.15) is 0 Å². The Kier molecular flexibility index (Phi) is 4.57. The van der Waals surface area contributed by atoms with Gasteiger partial charge in [0.1, 0.15) is 11.8 Å². The Hall–Kier alpha value is -2.37. The van der Waals surface area contributed by atoms with Crippen molar-refractivity contribution in [3.8, 4) is 5.88 Å². The third-order valence-electron chi connectivity index (χ3n) is 2.95. The van der Waals surface area contributed by atoms with Crippen molar-refractivity contribution >= 4 is 5.91 Å². The summed E-state index contributed by atoms with van der Waals surface area (Å²) in [5.74, 6) is 0.980. The number of nitrogens with zero attached hydrogens (tertiary/aromatic N) is 2. The second kappa shape index (κ2) is 6.39. The van der Waals surface area contributed by atoms with Crippen molar-refractivity contribution in [3.05, 3.63) is 41.1 Å². The number of aryl methyl sites for hydroxylation is 1. The van der Waals surface area contributed by atoms with Gasteiger partial charge in [0, 0.05) is 11.8 Å². The van der Waals surface area contributed by atoms with Gasteiger partial charge in [-0.15, -0.1) is 0 Å². The summed E-state index contributed by atoms with van der Waals surface area (Å²) < 4.78 is 10.6. The maximum Gasteiger partial charge on any atom is 0.251 e. The van der Waals surface area contributed by atoms with Crippen LogP contribution >= 0.6 is 0 Å². The molecule has 1 aromatic rings. The highest BCUT2D eigenvalue weighted by Gasteiger charge is 2.16. The van der Waals surface area contributed by atoms with Crippen molar-refractivity contribution < 1.29 is 14.3 Å². The highest BCUT2D eigenvalue weighted by atomic mass is 16.5. The number of rotatable bonds is 4. The predicted molar refractivity (Wildman–Crippen MR) is 77.6 cm³/mol. The van der Waals surface area contributed by atoms with E-state index < -0.39 is 0 Å². The zero-order valence-corrected chi connectivity index (χ0v) is 12.6. The van der Waals surface area contributed by atoms with Crippen LogP contribution < -0.4 is 10.1 Å². The van der Waals surface area contributed by atoms with E-state index in [0.717, 1.165) is 11.5 Å². The van der Waals surface area contributed by atoms with Crippen molar-refractivity contribution in [1.29, 1.82) is 0 Å². The molecule has 6 heteroatoms. The van der Waals surface area contributed by atoms with Crippen LogP contribution in [0.15, 0.2) is 29.7 Å². The molecule has 1 N–H and O–H groups in total. The lowest BCUT2D eigenvalue weighted by Crippen LogP contribution is -2.27. The van der Waals surface area contributed by atoms with Crippen LogP contribution in [0.1, 0.15) is 25.2 Å². The maximum atomic E-state index is 12.2. The molecular weight excluding hydrogens is 270 g/mol. The Balaban J connectivity index is 2.05. The van der Waals surface area contributed by atoms with Crippen LogP contribution in [0.2, 0.25) is 0 Å². The lowest BCUT2D eigenvalue weighted by molar-refractivity contribution is -0.117. The van der Waals surface area contributed by atoms with Gasteiger partial charge in [-0.05, 0) is 32.9 Å². The molecule has 1 aliphatic heterocycles. The van der Waals surface area contributed by atoms with E-state index in [4.69, 9.17) is 9.47 Å². The predicted octanol–water partition coefficient (Wildman–Crippen LogP) is 1.66. The van der Waals surface area contributed by atoms with E-state index >= 15 is 0 Å². The summed E-state index contributed by atoms with van der Waals surface area (Å²) in [6.45, 7) is 5.80. The molecule has 0 fully saturated rings. The topological polar surface area (TPSA) is 73.3 Å². The number of ether oxygens (including phenoxy) is 2. The van der Waals surface area contributed by atoms with Crippen LogP contribution in [0.5, 0.6) is 5.88 Å². The molecule has 0 bridgehead atoms. The van der Waals surface area contributed by atoms with Gasteiger partial charge in [0.2, 0.25) is 5.88 Å². The van der Waals surface area contributed by atoms with Gasteiger partial charge in [0.05, 0.1) is 25.1 Å². The van der Waals surface area contributed by atoms with Crippen molar-refractivity contribution in [1.82, 2.24) is 15.3 Å². The van der Waals surface area contributed by atoms with Gasteiger partial charge in [-0.1, -0.05) is 0 Å². The van der Waals surface area contributed by atoms with E-state index in [2.05, 4.69) is 15.3 Å². The van der Waals surface area contributed by atoms with Crippen molar-refractivity contribution in [2.45, 2.75) is 33.4 Å². The van der Waals surface area contributed by atoms with Gasteiger partial charge in [0.25, 0.3) is 5.91 Å². The normalized spacial score (nSPS) is 17.4. The fourth-order valence-corrected chi connectivity index (χ4v) is 2.05. The molecule has 0 aromatic carbocycles. The SMILES string of the molecule is COc1nc(C)cnc1CNC(=O)C1=CC(C)OC(C)=C1. The minimum Gasteiger partial charge on any atom is -0.491 e. The Morgan fingerprint density at radius 2 is 2.24 bits per heavy atom. The first-order chi connectivity index (χ1) is 9.99. The minimum atomic E-state index is -0.172. The number of hydrogen-bond acceptors (Lipinski definition) is 5. The number of nitrogens with one attached hydrogen (secondary N) is 1. The van der Waals surface area contributed by atoms with Crippen molar-refractivity contribution in [2.75, 3.05) is 7.11 Å². The highest BCUT2D eigenvalue weighted by Crippen LogP contribution is 2.16. The average molecular weight is 289 g/mol. The van der Waals surface area contributed by atoms with E-state index in [1.54, 1.807) is 18.3 Å². The molecule has 0 saturated carbocycles. The first-order valence-corrected chi connectivity index (χ1v) is 6.71. The molecule has 1 amide bonds. The molecule has 6 nitrogen and oxygen atoms in total. The summed E-state index contributed by atoms with van der Waals surface area (Å²) in [6, 6.07) is 0. The summed E-state index contributed by atoms with van der Waals surface area (Å²) in [4.78, 5) is 20.6. The molecule has 1 aromatic heterocycles. The third kappa shape index (κ3) is 3.81. The second-order valence-corrected chi connectivity index (χ2v) is 4.85. The number of allylic oxidation sites excluding steroid dienone is 1. The number of carbonyl (C=O) groups is 1. The summed E-state index contributed by atoms with van der Waals surface area (Å²) in [7, 11) is 1.53. The summed E-state index contributed by atoms with van der Waals surface area (Å²) >= 11 is 0. The minimum absolute atomic E-state index is 0.107. The van der Waals surface area contributed by atoms with Crippen LogP contribution in [-0.4, -0.2) is 29.1 Å². The Morgan fingerprint density at radius 3 is 2.90 bits per heavy atom. The number of methoxy groups -OCH3 is 1. The second-order valence-electron chi connectivity index (χ2n) is 4.85. The Labute approximate surface area is 123 Å². The molecule has 2 heterocycles. The summed E-state index contributed by atoms with van der Waals surface area (Å²) in [5.41, 5.74) is 1.95. The smallest absolute Gasteiger partial charge is 0.251 e. The molecular formula is C15H19N3O3. The number of hydrogen-bond donors (Lipinski definition) is 1. The number of amides is 1. The van der Waals surface area contributed by atoms with Crippen LogP contribution in [-0.2, 0) is 16.1 Å². The monoisotopic (exact) mass is 289 g/mol. The first-order valence-electron chi connectivity index (χ1n) is 6.71. The number of carbonyl (C=O) groups excluding carboxylic acids is 1. The lowest BCUT2D eigenvalue weighted by atomic mass is 10.1. The quantitative estimate of drug-likeness (QED) is 0.912. The Bertz CT molecular complexity index is 608. The van der Waals surface area contributed by atoms with Crippen LogP contribution in [0.4, 0.5) is 0 Å². The van der Waals surface area contributed by atoms with Crippen molar-refractivity contribution in [2.24, 2.45) is 0 Å². The van der Waals surface area contributed by atoms with Crippen molar-refractivity contribution in [3.63, 3.8) is 0 Å². The zero-order chi connectivity index (χ0) is 15.4.